The molecular formula is C21H19ClN2O2. The molecule has 1 aromatic heterocycles. The molecule has 1 heterocycles. The summed E-state index contributed by atoms with van der Waals surface area (Å²) in [7, 11) is 0. The minimum Gasteiger partial charge on any atom is -0.486 e. The van der Waals surface area contributed by atoms with Gasteiger partial charge < -0.3 is 14.4 Å². The van der Waals surface area contributed by atoms with Crippen molar-refractivity contribution in [3.05, 3.63) is 71.5 Å². The van der Waals surface area contributed by atoms with Crippen molar-refractivity contribution in [3.63, 3.8) is 0 Å². The topological polar surface area (TPSA) is 47.3 Å². The first-order valence-corrected chi connectivity index (χ1v) is 8.92. The molecule has 0 fully saturated rings. The second kappa shape index (κ2) is 6.98. The summed E-state index contributed by atoms with van der Waals surface area (Å²) in [5.74, 6) is 1.55. The third kappa shape index (κ3) is 3.39. The van der Waals surface area contributed by atoms with Crippen LogP contribution in [0.4, 0.5) is 0 Å². The molecule has 0 aliphatic carbocycles. The molecule has 132 valence electrons. The minimum absolute atomic E-state index is 0.317. The van der Waals surface area contributed by atoms with Crippen LogP contribution in [0.25, 0.3) is 21.8 Å². The Hall–Kier alpha value is -2.56. The highest BCUT2D eigenvalue weighted by atomic mass is 35.5. The predicted molar refractivity (Wildman–Crippen MR) is 105 cm³/mol. The molecule has 1 unspecified atom stereocenters. The molecule has 0 amide bonds. The number of halogens is 1. The van der Waals surface area contributed by atoms with Gasteiger partial charge in [0.15, 0.2) is 0 Å². The molecule has 4 nitrogen and oxygen atoms in total. The van der Waals surface area contributed by atoms with Crippen molar-refractivity contribution in [1.29, 1.82) is 0 Å². The van der Waals surface area contributed by atoms with Crippen molar-refractivity contribution in [2.75, 3.05) is 0 Å². The van der Waals surface area contributed by atoms with Crippen LogP contribution in [0.3, 0.4) is 0 Å². The molecule has 26 heavy (non-hydrogen) atoms. The van der Waals surface area contributed by atoms with Crippen molar-refractivity contribution < 1.29 is 9.84 Å². The maximum Gasteiger partial charge on any atom is 0.148 e. The number of aliphatic hydroxyl groups is 1. The van der Waals surface area contributed by atoms with Crippen LogP contribution in [-0.2, 0) is 13.2 Å². The van der Waals surface area contributed by atoms with E-state index in [4.69, 9.17) is 16.3 Å². The summed E-state index contributed by atoms with van der Waals surface area (Å²) < 4.78 is 7.97. The highest BCUT2D eigenvalue weighted by Gasteiger charge is 2.13. The number of aromatic nitrogens is 2. The zero-order valence-corrected chi connectivity index (χ0v) is 15.1. The SMILES string of the molecule is CC(O)Cn1c(COc2ccc3ccccc3c2)nc2cc(Cl)ccc21. The Morgan fingerprint density at radius 1 is 1.08 bits per heavy atom. The fourth-order valence-electron chi connectivity index (χ4n) is 3.14. The molecule has 0 bridgehead atoms. The second-order valence-corrected chi connectivity index (χ2v) is 6.85. The van der Waals surface area contributed by atoms with E-state index in [1.807, 2.05) is 53.1 Å². The smallest absolute Gasteiger partial charge is 0.148 e. The largest absolute Gasteiger partial charge is 0.486 e. The Bertz CT molecular complexity index is 1070. The summed E-state index contributed by atoms with van der Waals surface area (Å²) in [6, 6.07) is 19.8. The van der Waals surface area contributed by atoms with Crippen LogP contribution >= 0.6 is 11.6 Å². The molecule has 0 saturated heterocycles. The summed E-state index contributed by atoms with van der Waals surface area (Å²) in [6.07, 6.45) is -0.484. The fraction of sp³-hybridized carbons (Fsp3) is 0.190. The first-order chi connectivity index (χ1) is 12.6. The zero-order chi connectivity index (χ0) is 18.1. The van der Waals surface area contributed by atoms with Gasteiger partial charge in [-0.2, -0.15) is 0 Å². The average molecular weight is 367 g/mol. The van der Waals surface area contributed by atoms with Crippen LogP contribution < -0.4 is 4.74 Å². The standard InChI is InChI=1S/C21H19ClN2O2/c1-14(25)12-24-20-9-7-17(22)11-19(20)23-21(24)13-26-18-8-6-15-4-2-3-5-16(15)10-18/h2-11,14,25H,12-13H2,1H3. The lowest BCUT2D eigenvalue weighted by molar-refractivity contribution is 0.171. The summed E-state index contributed by atoms with van der Waals surface area (Å²) in [5, 5.41) is 12.8. The van der Waals surface area contributed by atoms with Gasteiger partial charge in [-0.3, -0.25) is 0 Å². The number of fused-ring (bicyclic) bond motifs is 2. The molecule has 4 aromatic rings. The summed E-state index contributed by atoms with van der Waals surface area (Å²) >= 11 is 6.08. The molecule has 0 aliphatic rings. The van der Waals surface area contributed by atoms with Gasteiger partial charge in [0.1, 0.15) is 18.2 Å². The molecular weight excluding hydrogens is 348 g/mol. The highest BCUT2D eigenvalue weighted by Crippen LogP contribution is 2.24. The molecule has 1 N–H and O–H groups in total. The fourth-order valence-corrected chi connectivity index (χ4v) is 3.30. The number of imidazole rings is 1. The molecule has 1 atom stereocenters. The van der Waals surface area contributed by atoms with Gasteiger partial charge in [-0.05, 0) is 48.0 Å². The average Bonchev–Trinajstić information content (AvgIpc) is 2.95. The van der Waals surface area contributed by atoms with Crippen LogP contribution in [0.1, 0.15) is 12.7 Å². The zero-order valence-electron chi connectivity index (χ0n) is 14.4. The Kier molecular flexibility index (Phi) is 4.53. The normalized spacial score (nSPS) is 12.6. The van der Waals surface area contributed by atoms with Gasteiger partial charge in [0, 0.05) is 5.02 Å². The highest BCUT2D eigenvalue weighted by molar-refractivity contribution is 6.31. The van der Waals surface area contributed by atoms with Crippen molar-refractivity contribution in [2.24, 2.45) is 0 Å². The number of aliphatic hydroxyl groups excluding tert-OH is 1. The van der Waals surface area contributed by atoms with E-state index < -0.39 is 6.10 Å². The van der Waals surface area contributed by atoms with Crippen LogP contribution in [0, 0.1) is 0 Å². The van der Waals surface area contributed by atoms with Gasteiger partial charge in [-0.15, -0.1) is 0 Å². The molecule has 4 rings (SSSR count). The van der Waals surface area contributed by atoms with Gasteiger partial charge >= 0.3 is 0 Å². The quantitative estimate of drug-likeness (QED) is 0.551. The van der Waals surface area contributed by atoms with Crippen LogP contribution in [0.15, 0.2) is 60.7 Å². The van der Waals surface area contributed by atoms with E-state index in [2.05, 4.69) is 17.1 Å². The van der Waals surface area contributed by atoms with Crippen molar-refractivity contribution in [1.82, 2.24) is 9.55 Å². The van der Waals surface area contributed by atoms with E-state index in [0.717, 1.165) is 28.0 Å². The number of ether oxygens (including phenoxy) is 1. The van der Waals surface area contributed by atoms with Gasteiger partial charge in [0.25, 0.3) is 0 Å². The third-order valence-corrected chi connectivity index (χ3v) is 4.56. The monoisotopic (exact) mass is 366 g/mol. The molecule has 0 spiro atoms. The number of benzene rings is 3. The van der Waals surface area contributed by atoms with Gasteiger partial charge in [-0.1, -0.05) is 41.9 Å². The van der Waals surface area contributed by atoms with E-state index in [1.165, 1.54) is 5.39 Å². The third-order valence-electron chi connectivity index (χ3n) is 4.32. The first kappa shape index (κ1) is 16.9. The summed E-state index contributed by atoms with van der Waals surface area (Å²) in [4.78, 5) is 4.65. The maximum atomic E-state index is 9.85. The van der Waals surface area contributed by atoms with Crippen LogP contribution in [0.5, 0.6) is 5.75 Å². The summed E-state index contributed by atoms with van der Waals surface area (Å²) in [6.45, 7) is 2.53. The lowest BCUT2D eigenvalue weighted by atomic mass is 10.1. The lowest BCUT2D eigenvalue weighted by Gasteiger charge is -2.12. The van der Waals surface area contributed by atoms with Crippen molar-refractivity contribution in [2.45, 2.75) is 26.2 Å². The van der Waals surface area contributed by atoms with E-state index in [9.17, 15) is 5.11 Å². The molecule has 0 radical (unpaired) electrons. The number of hydrogen-bond donors (Lipinski definition) is 1. The second-order valence-electron chi connectivity index (χ2n) is 6.42. The Labute approximate surface area is 156 Å². The predicted octanol–water partition coefficient (Wildman–Crippen LogP) is 4.80. The molecule has 3 aromatic carbocycles. The Morgan fingerprint density at radius 2 is 1.88 bits per heavy atom. The van der Waals surface area contributed by atoms with E-state index in [1.54, 1.807) is 6.92 Å². The van der Waals surface area contributed by atoms with E-state index in [0.29, 0.717) is 18.2 Å². The van der Waals surface area contributed by atoms with E-state index in [-0.39, 0.29) is 0 Å². The Morgan fingerprint density at radius 3 is 2.69 bits per heavy atom. The molecule has 0 aliphatic heterocycles. The van der Waals surface area contributed by atoms with Crippen molar-refractivity contribution >= 4 is 33.4 Å². The summed E-state index contributed by atoms with van der Waals surface area (Å²) in [5.41, 5.74) is 1.74. The Balaban J connectivity index is 1.64. The molecule has 5 heteroatoms. The lowest BCUT2D eigenvalue weighted by Crippen LogP contribution is -2.15. The maximum absolute atomic E-state index is 9.85. The van der Waals surface area contributed by atoms with Crippen molar-refractivity contribution in [3.8, 4) is 5.75 Å². The van der Waals surface area contributed by atoms with Crippen LogP contribution in [0.2, 0.25) is 5.02 Å². The molecule has 0 saturated carbocycles. The number of rotatable bonds is 5. The van der Waals surface area contributed by atoms with Crippen LogP contribution in [-0.4, -0.2) is 20.8 Å². The number of nitrogens with zero attached hydrogens (tertiary/aromatic N) is 2. The van der Waals surface area contributed by atoms with Gasteiger partial charge in [-0.25, -0.2) is 4.98 Å². The van der Waals surface area contributed by atoms with Gasteiger partial charge in [0.05, 0.1) is 23.7 Å². The van der Waals surface area contributed by atoms with E-state index >= 15 is 0 Å². The number of hydrogen-bond acceptors (Lipinski definition) is 3. The van der Waals surface area contributed by atoms with Gasteiger partial charge in [0.2, 0.25) is 0 Å². The first-order valence-electron chi connectivity index (χ1n) is 8.54. The minimum atomic E-state index is -0.484.